The summed E-state index contributed by atoms with van der Waals surface area (Å²) >= 11 is 0. The van der Waals surface area contributed by atoms with E-state index in [1.807, 2.05) is 0 Å². The van der Waals surface area contributed by atoms with Crippen molar-refractivity contribution in [3.63, 3.8) is 0 Å². The van der Waals surface area contributed by atoms with E-state index in [2.05, 4.69) is 0 Å². The molecule has 80 valence electrons. The maximum atomic E-state index is 11.2. The third-order valence-corrected chi connectivity index (χ3v) is 2.00. The molecule has 0 atom stereocenters. The Morgan fingerprint density at radius 1 is 1.19 bits per heavy atom. The molecule has 0 fully saturated rings. The highest BCUT2D eigenvalue weighted by atomic mass is 16.6. The highest BCUT2D eigenvalue weighted by molar-refractivity contribution is 6.35. The molecule has 1 aromatic rings. The van der Waals surface area contributed by atoms with Crippen LogP contribution in [0.1, 0.15) is 5.76 Å². The summed E-state index contributed by atoms with van der Waals surface area (Å²) in [4.78, 5) is 32.0. The summed E-state index contributed by atoms with van der Waals surface area (Å²) in [6.07, 6.45) is 3.48. The zero-order valence-corrected chi connectivity index (χ0v) is 7.88. The molecule has 0 bridgehead atoms. The monoisotopic (exact) mass is 219 g/mol. The van der Waals surface area contributed by atoms with Crippen LogP contribution in [0.15, 0.2) is 34.3 Å². The van der Waals surface area contributed by atoms with Crippen molar-refractivity contribution < 1.29 is 18.9 Å². The fourth-order valence-corrected chi connectivity index (χ4v) is 1.25. The van der Waals surface area contributed by atoms with E-state index in [4.69, 9.17) is 4.42 Å². The van der Waals surface area contributed by atoms with E-state index in [1.54, 1.807) is 0 Å². The summed E-state index contributed by atoms with van der Waals surface area (Å²) in [6, 6.07) is 2.48. The number of nitro groups is 1. The highest BCUT2D eigenvalue weighted by Gasteiger charge is 2.21. The SMILES string of the molecule is O=C1C=CC(=O)C1=Cc1ccc([N+](=O)[O-])o1. The van der Waals surface area contributed by atoms with E-state index >= 15 is 0 Å². The second-order valence-electron chi connectivity index (χ2n) is 3.05. The molecular formula is C10H5NO5. The molecule has 0 saturated heterocycles. The van der Waals surface area contributed by atoms with Gasteiger partial charge in [-0.1, -0.05) is 0 Å². The lowest BCUT2D eigenvalue weighted by molar-refractivity contribution is -0.402. The van der Waals surface area contributed by atoms with Crippen molar-refractivity contribution in [1.82, 2.24) is 0 Å². The molecule has 1 aromatic heterocycles. The van der Waals surface area contributed by atoms with Gasteiger partial charge in [0.2, 0.25) is 0 Å². The lowest BCUT2D eigenvalue weighted by Crippen LogP contribution is -1.99. The number of carbonyl (C=O) groups is 2. The Hall–Kier alpha value is -2.50. The lowest BCUT2D eigenvalue weighted by Gasteiger charge is -1.90. The molecule has 0 aliphatic heterocycles. The Labute approximate surface area is 89.0 Å². The highest BCUT2D eigenvalue weighted by Crippen LogP contribution is 2.20. The molecule has 2 rings (SSSR count). The van der Waals surface area contributed by atoms with E-state index in [0.717, 1.165) is 18.2 Å². The van der Waals surface area contributed by atoms with Crippen molar-refractivity contribution in [2.45, 2.75) is 0 Å². The normalized spacial score (nSPS) is 14.6. The lowest BCUT2D eigenvalue weighted by atomic mass is 10.1. The van der Waals surface area contributed by atoms with Gasteiger partial charge in [-0.25, -0.2) is 0 Å². The summed E-state index contributed by atoms with van der Waals surface area (Å²) in [5.41, 5.74) is -0.0516. The first-order valence-corrected chi connectivity index (χ1v) is 4.30. The minimum absolute atomic E-state index is 0.0516. The van der Waals surface area contributed by atoms with Gasteiger partial charge >= 0.3 is 5.88 Å². The molecule has 1 aliphatic carbocycles. The average Bonchev–Trinajstić information content (AvgIpc) is 2.80. The molecule has 6 heteroatoms. The Bertz CT molecular complexity index is 529. The minimum atomic E-state index is -0.696. The average molecular weight is 219 g/mol. The second-order valence-corrected chi connectivity index (χ2v) is 3.05. The molecule has 6 nitrogen and oxygen atoms in total. The van der Waals surface area contributed by atoms with Crippen LogP contribution in [-0.4, -0.2) is 16.5 Å². The smallest absolute Gasteiger partial charge is 0.401 e. The maximum Gasteiger partial charge on any atom is 0.433 e. The quantitative estimate of drug-likeness (QED) is 0.323. The first-order chi connectivity index (χ1) is 7.58. The molecule has 1 heterocycles. The molecule has 0 amide bonds. The van der Waals surface area contributed by atoms with Crippen LogP contribution in [-0.2, 0) is 9.59 Å². The van der Waals surface area contributed by atoms with Gasteiger partial charge in [-0.05, 0) is 24.3 Å². The van der Waals surface area contributed by atoms with Gasteiger partial charge in [-0.3, -0.25) is 19.7 Å². The van der Waals surface area contributed by atoms with E-state index in [9.17, 15) is 19.7 Å². The first kappa shape index (κ1) is 10.0. The number of hydrogen-bond donors (Lipinski definition) is 0. The number of ketones is 2. The predicted molar refractivity (Wildman–Crippen MR) is 52.5 cm³/mol. The zero-order chi connectivity index (χ0) is 11.7. The Morgan fingerprint density at radius 2 is 1.81 bits per heavy atom. The topological polar surface area (TPSA) is 90.4 Å². The molecule has 0 aromatic carbocycles. The van der Waals surface area contributed by atoms with Gasteiger partial charge in [-0.15, -0.1) is 0 Å². The Morgan fingerprint density at radius 3 is 2.31 bits per heavy atom. The van der Waals surface area contributed by atoms with Crippen LogP contribution >= 0.6 is 0 Å². The first-order valence-electron chi connectivity index (χ1n) is 4.30. The van der Waals surface area contributed by atoms with E-state index < -0.39 is 22.4 Å². The number of allylic oxidation sites excluding steroid dienone is 3. The molecule has 0 saturated carbocycles. The third kappa shape index (κ3) is 1.68. The van der Waals surface area contributed by atoms with Crippen LogP contribution in [0.4, 0.5) is 5.88 Å². The van der Waals surface area contributed by atoms with Crippen LogP contribution in [0.2, 0.25) is 0 Å². The Kier molecular flexibility index (Phi) is 2.24. The maximum absolute atomic E-state index is 11.2. The summed E-state index contributed by atoms with van der Waals surface area (Å²) in [7, 11) is 0. The summed E-state index contributed by atoms with van der Waals surface area (Å²) < 4.78 is 4.80. The van der Waals surface area contributed by atoms with Crippen molar-refractivity contribution in [3.05, 3.63) is 45.7 Å². The predicted octanol–water partition coefficient (Wildman–Crippen LogP) is 1.28. The Balaban J connectivity index is 2.33. The van der Waals surface area contributed by atoms with E-state index in [0.29, 0.717) is 0 Å². The van der Waals surface area contributed by atoms with Gasteiger partial charge in [-0.2, -0.15) is 0 Å². The third-order valence-electron chi connectivity index (χ3n) is 2.00. The fraction of sp³-hybridized carbons (Fsp3) is 0. The standard InChI is InChI=1S/C10H5NO5/c12-8-2-3-9(13)7(8)5-6-1-4-10(16-6)11(14)15/h1-5H. The van der Waals surface area contributed by atoms with Crippen LogP contribution < -0.4 is 0 Å². The number of carbonyl (C=O) groups excluding carboxylic acids is 2. The van der Waals surface area contributed by atoms with Crippen LogP contribution in [0.3, 0.4) is 0 Å². The van der Waals surface area contributed by atoms with Crippen LogP contribution in [0.5, 0.6) is 0 Å². The van der Waals surface area contributed by atoms with Crippen molar-refractivity contribution >= 4 is 23.5 Å². The zero-order valence-electron chi connectivity index (χ0n) is 7.88. The number of nitrogens with zero attached hydrogens (tertiary/aromatic N) is 1. The largest absolute Gasteiger partial charge is 0.433 e. The fourth-order valence-electron chi connectivity index (χ4n) is 1.25. The van der Waals surface area contributed by atoms with Crippen LogP contribution in [0.25, 0.3) is 6.08 Å². The van der Waals surface area contributed by atoms with Gasteiger partial charge in [0, 0.05) is 0 Å². The summed E-state index contributed by atoms with van der Waals surface area (Å²) in [6.45, 7) is 0. The molecule has 0 N–H and O–H groups in total. The van der Waals surface area contributed by atoms with Crippen molar-refractivity contribution in [2.75, 3.05) is 0 Å². The number of furan rings is 1. The van der Waals surface area contributed by atoms with Gasteiger partial charge in [0.15, 0.2) is 11.6 Å². The summed E-state index contributed by atoms with van der Waals surface area (Å²) in [5, 5.41) is 10.3. The van der Waals surface area contributed by atoms with Crippen LogP contribution in [0, 0.1) is 10.1 Å². The van der Waals surface area contributed by atoms with Gasteiger partial charge < -0.3 is 4.42 Å². The van der Waals surface area contributed by atoms with Crippen molar-refractivity contribution in [1.29, 1.82) is 0 Å². The van der Waals surface area contributed by atoms with E-state index in [-0.39, 0.29) is 11.3 Å². The minimum Gasteiger partial charge on any atom is -0.401 e. The molecule has 0 spiro atoms. The summed E-state index contributed by atoms with van der Waals surface area (Å²) in [5.74, 6) is -1.18. The van der Waals surface area contributed by atoms with Crippen molar-refractivity contribution in [2.24, 2.45) is 0 Å². The van der Waals surface area contributed by atoms with Gasteiger partial charge in [0.1, 0.15) is 10.7 Å². The number of rotatable bonds is 2. The molecule has 0 radical (unpaired) electrons. The van der Waals surface area contributed by atoms with Crippen molar-refractivity contribution in [3.8, 4) is 0 Å². The van der Waals surface area contributed by atoms with E-state index in [1.165, 1.54) is 12.1 Å². The second kappa shape index (κ2) is 3.58. The molecule has 16 heavy (non-hydrogen) atoms. The molecule has 0 unspecified atom stereocenters. The van der Waals surface area contributed by atoms with Gasteiger partial charge in [0.25, 0.3) is 0 Å². The molecular weight excluding hydrogens is 214 g/mol. The van der Waals surface area contributed by atoms with Gasteiger partial charge in [0.05, 0.1) is 11.6 Å². The number of hydrogen-bond acceptors (Lipinski definition) is 5. The molecule has 1 aliphatic rings.